The molecule has 1 aliphatic carbocycles. The molecule has 31 heavy (non-hydrogen) atoms. The molecule has 0 unspecified atom stereocenters. The van der Waals surface area contributed by atoms with Crippen LogP contribution in [0.15, 0.2) is 39.9 Å². The number of guanidine groups is 1. The van der Waals surface area contributed by atoms with Crippen LogP contribution in [0.25, 0.3) is 11.5 Å². The average Bonchev–Trinajstić information content (AvgIpc) is 3.41. The number of oxazole rings is 1. The Balaban J connectivity index is 0.00000341. The third-order valence-corrected chi connectivity index (χ3v) is 5.76. The molecule has 0 aliphatic heterocycles. The normalized spacial score (nSPS) is 15.3. The summed E-state index contributed by atoms with van der Waals surface area (Å²) in [6.07, 6.45) is 6.48. The molecule has 0 bridgehead atoms. The lowest BCUT2D eigenvalue weighted by Crippen LogP contribution is -2.49. The Morgan fingerprint density at radius 2 is 1.87 bits per heavy atom. The van der Waals surface area contributed by atoms with E-state index in [4.69, 9.17) is 4.42 Å². The Labute approximate surface area is 202 Å². The number of aryl methyl sites for hydroxylation is 1. The smallest absolute Gasteiger partial charge is 0.230 e. The zero-order valence-electron chi connectivity index (χ0n) is 18.9. The lowest BCUT2D eigenvalue weighted by Gasteiger charge is -2.31. The molecule has 1 aromatic heterocycles. The van der Waals surface area contributed by atoms with Gasteiger partial charge in [0.25, 0.3) is 0 Å². The van der Waals surface area contributed by atoms with Crippen molar-refractivity contribution in [2.24, 2.45) is 10.4 Å². The summed E-state index contributed by atoms with van der Waals surface area (Å²) < 4.78 is 5.62. The van der Waals surface area contributed by atoms with Crippen LogP contribution in [0.3, 0.4) is 0 Å². The predicted molar refractivity (Wildman–Crippen MR) is 135 cm³/mol. The van der Waals surface area contributed by atoms with E-state index in [0.29, 0.717) is 24.9 Å². The largest absolute Gasteiger partial charge is 0.444 e. The fourth-order valence-electron chi connectivity index (χ4n) is 4.03. The summed E-state index contributed by atoms with van der Waals surface area (Å²) in [6.45, 7) is 3.34. The van der Waals surface area contributed by atoms with Crippen molar-refractivity contribution in [2.75, 3.05) is 34.2 Å². The maximum Gasteiger partial charge on any atom is 0.230 e. The summed E-state index contributed by atoms with van der Waals surface area (Å²) in [5, 5.41) is 6.67. The van der Waals surface area contributed by atoms with E-state index in [0.717, 1.165) is 43.4 Å². The van der Waals surface area contributed by atoms with Crippen LogP contribution in [0.1, 0.15) is 36.9 Å². The third kappa shape index (κ3) is 6.44. The van der Waals surface area contributed by atoms with Crippen molar-refractivity contribution in [2.45, 2.75) is 39.0 Å². The molecule has 1 fully saturated rings. The molecular formula is C23H34IN5O2. The third-order valence-electron chi connectivity index (χ3n) is 5.76. The summed E-state index contributed by atoms with van der Waals surface area (Å²) in [5.41, 5.74) is 2.75. The van der Waals surface area contributed by atoms with Crippen LogP contribution < -0.4 is 10.6 Å². The highest BCUT2D eigenvalue weighted by molar-refractivity contribution is 14.0. The maximum absolute atomic E-state index is 12.7. The van der Waals surface area contributed by atoms with Crippen LogP contribution in [-0.2, 0) is 11.2 Å². The van der Waals surface area contributed by atoms with E-state index in [-0.39, 0.29) is 35.3 Å². The average molecular weight is 539 g/mol. The second-order valence-electron chi connectivity index (χ2n) is 8.30. The quantitative estimate of drug-likeness (QED) is 0.319. The van der Waals surface area contributed by atoms with Crippen LogP contribution in [0.4, 0.5) is 0 Å². The molecule has 0 spiro atoms. The fourth-order valence-corrected chi connectivity index (χ4v) is 4.03. The number of hydrogen-bond donors (Lipinski definition) is 2. The highest BCUT2D eigenvalue weighted by atomic mass is 127. The monoisotopic (exact) mass is 539 g/mol. The number of aliphatic imine (C=N–C) groups is 1. The zero-order chi connectivity index (χ0) is 21.6. The number of hydrogen-bond acceptors (Lipinski definition) is 4. The molecule has 3 rings (SSSR count). The maximum atomic E-state index is 12.7. The van der Waals surface area contributed by atoms with E-state index in [2.05, 4.69) is 39.7 Å². The molecule has 2 N–H and O–H groups in total. The van der Waals surface area contributed by atoms with Gasteiger partial charge in [-0.2, -0.15) is 0 Å². The van der Waals surface area contributed by atoms with E-state index in [1.165, 1.54) is 5.56 Å². The van der Waals surface area contributed by atoms with Gasteiger partial charge in [-0.05, 0) is 31.9 Å². The first-order valence-electron chi connectivity index (χ1n) is 10.6. The first kappa shape index (κ1) is 25.2. The predicted octanol–water partition coefficient (Wildman–Crippen LogP) is 3.62. The number of amides is 1. The van der Waals surface area contributed by atoms with Crippen LogP contribution in [-0.4, -0.2) is 56.0 Å². The first-order chi connectivity index (χ1) is 14.4. The lowest BCUT2D eigenvalue weighted by molar-refractivity contribution is -0.138. The summed E-state index contributed by atoms with van der Waals surface area (Å²) >= 11 is 0. The minimum absolute atomic E-state index is 0. The van der Waals surface area contributed by atoms with Crippen LogP contribution in [0.5, 0.6) is 0 Å². The molecule has 2 aromatic rings. The molecule has 0 saturated heterocycles. The Bertz CT molecular complexity index is 870. The van der Waals surface area contributed by atoms with Crippen molar-refractivity contribution in [1.29, 1.82) is 0 Å². The second kappa shape index (κ2) is 11.5. The van der Waals surface area contributed by atoms with Gasteiger partial charge in [0.1, 0.15) is 6.26 Å². The summed E-state index contributed by atoms with van der Waals surface area (Å²) in [4.78, 5) is 23.3. The standard InChI is InChI=1S/C23H33N5O2.HI/c1-17-7-9-18(10-8-17)20-27-19(15-30-20)11-14-25-22(24-2)26-16-23(12-5-6-13-23)21(29)28(3)4;/h7-10,15H,5-6,11-14,16H2,1-4H3,(H2,24,25,26);1H. The van der Waals surface area contributed by atoms with E-state index in [9.17, 15) is 4.79 Å². The summed E-state index contributed by atoms with van der Waals surface area (Å²) in [5.74, 6) is 1.54. The second-order valence-corrected chi connectivity index (χ2v) is 8.30. The van der Waals surface area contributed by atoms with E-state index in [1.54, 1.807) is 18.2 Å². The van der Waals surface area contributed by atoms with Crippen LogP contribution in [0, 0.1) is 12.3 Å². The van der Waals surface area contributed by atoms with Crippen LogP contribution in [0.2, 0.25) is 0 Å². The molecular weight excluding hydrogens is 505 g/mol. The molecule has 8 heteroatoms. The number of rotatable bonds is 7. The number of nitrogens with zero attached hydrogens (tertiary/aromatic N) is 3. The summed E-state index contributed by atoms with van der Waals surface area (Å²) in [7, 11) is 5.41. The lowest BCUT2D eigenvalue weighted by atomic mass is 9.84. The minimum atomic E-state index is -0.323. The van der Waals surface area contributed by atoms with Crippen molar-refractivity contribution in [3.05, 3.63) is 41.8 Å². The van der Waals surface area contributed by atoms with Gasteiger partial charge in [-0.25, -0.2) is 4.98 Å². The van der Waals surface area contributed by atoms with Gasteiger partial charge in [-0.3, -0.25) is 9.79 Å². The molecule has 1 aliphatic rings. The number of halogens is 1. The van der Waals surface area contributed by atoms with Crippen molar-refractivity contribution >= 4 is 35.8 Å². The molecule has 1 aromatic carbocycles. The van der Waals surface area contributed by atoms with Crippen molar-refractivity contribution in [1.82, 2.24) is 20.5 Å². The highest BCUT2D eigenvalue weighted by Crippen LogP contribution is 2.38. The van der Waals surface area contributed by atoms with Gasteiger partial charge >= 0.3 is 0 Å². The van der Waals surface area contributed by atoms with E-state index in [1.807, 2.05) is 26.2 Å². The Morgan fingerprint density at radius 3 is 2.48 bits per heavy atom. The van der Waals surface area contributed by atoms with Gasteiger partial charge in [-0.1, -0.05) is 30.5 Å². The van der Waals surface area contributed by atoms with Gasteiger partial charge in [-0.15, -0.1) is 24.0 Å². The van der Waals surface area contributed by atoms with E-state index < -0.39 is 0 Å². The van der Waals surface area contributed by atoms with Crippen molar-refractivity contribution < 1.29 is 9.21 Å². The number of carbonyl (C=O) groups excluding carboxylic acids is 1. The van der Waals surface area contributed by atoms with Gasteiger partial charge < -0.3 is 20.0 Å². The van der Waals surface area contributed by atoms with Crippen LogP contribution >= 0.6 is 24.0 Å². The SMILES string of the molecule is CN=C(NCCc1coc(-c2ccc(C)cc2)n1)NCC1(C(=O)N(C)C)CCCC1.I. The minimum Gasteiger partial charge on any atom is -0.444 e. The molecule has 1 amide bonds. The van der Waals surface area contributed by atoms with E-state index >= 15 is 0 Å². The number of carbonyl (C=O) groups is 1. The number of benzene rings is 1. The topological polar surface area (TPSA) is 82.8 Å². The molecule has 170 valence electrons. The Kier molecular flexibility index (Phi) is 9.33. The Hall–Kier alpha value is -2.10. The molecule has 7 nitrogen and oxygen atoms in total. The molecule has 0 atom stereocenters. The zero-order valence-corrected chi connectivity index (χ0v) is 21.2. The molecule has 1 heterocycles. The summed E-state index contributed by atoms with van der Waals surface area (Å²) in [6, 6.07) is 8.13. The number of nitrogens with one attached hydrogen (secondary N) is 2. The Morgan fingerprint density at radius 1 is 1.19 bits per heavy atom. The first-order valence-corrected chi connectivity index (χ1v) is 10.6. The van der Waals surface area contributed by atoms with Gasteiger partial charge in [0.2, 0.25) is 11.8 Å². The van der Waals surface area contributed by atoms with Gasteiger partial charge in [0, 0.05) is 46.2 Å². The number of aromatic nitrogens is 1. The van der Waals surface area contributed by atoms with Gasteiger partial charge in [0.05, 0.1) is 11.1 Å². The highest BCUT2D eigenvalue weighted by Gasteiger charge is 2.42. The van der Waals surface area contributed by atoms with Crippen molar-refractivity contribution in [3.63, 3.8) is 0 Å². The van der Waals surface area contributed by atoms with Crippen molar-refractivity contribution in [3.8, 4) is 11.5 Å². The van der Waals surface area contributed by atoms with Gasteiger partial charge in [0.15, 0.2) is 5.96 Å². The molecule has 0 radical (unpaired) electrons. The fraction of sp³-hybridized carbons (Fsp3) is 0.522. The molecule has 1 saturated carbocycles.